The number of methoxy groups -OCH3 is 1. The average Bonchev–Trinajstić information content (AvgIpc) is 2.76. The van der Waals surface area contributed by atoms with Gasteiger partial charge < -0.3 is 21.1 Å². The molecule has 4 N–H and O–H groups in total. The van der Waals surface area contributed by atoms with Crippen molar-refractivity contribution in [2.75, 3.05) is 18.2 Å². The van der Waals surface area contributed by atoms with Crippen LogP contribution < -0.4 is 16.4 Å². The van der Waals surface area contributed by atoms with E-state index in [2.05, 4.69) is 10.6 Å². The molecule has 2 rings (SSSR count). The van der Waals surface area contributed by atoms with Gasteiger partial charge in [-0.3, -0.25) is 0 Å². The molecule has 1 aliphatic rings. The number of nitrogens with two attached hydrogens (primary N) is 1. The predicted molar refractivity (Wildman–Crippen MR) is 71.4 cm³/mol. The zero-order chi connectivity index (χ0) is 13.0. The van der Waals surface area contributed by atoms with Crippen LogP contribution in [0.4, 0.5) is 16.2 Å². The fourth-order valence-electron chi connectivity index (χ4n) is 2.25. The van der Waals surface area contributed by atoms with Gasteiger partial charge in [0.2, 0.25) is 0 Å². The van der Waals surface area contributed by atoms with Gasteiger partial charge in [-0.1, -0.05) is 6.07 Å². The summed E-state index contributed by atoms with van der Waals surface area (Å²) in [4.78, 5) is 11.8. The molecule has 1 saturated carbocycles. The van der Waals surface area contributed by atoms with Crippen LogP contribution in [-0.4, -0.2) is 25.3 Å². The number of hydrogen-bond acceptors (Lipinski definition) is 3. The fraction of sp³-hybridized carbons (Fsp3) is 0.462. The number of urea groups is 1. The van der Waals surface area contributed by atoms with Crippen LogP contribution in [0.2, 0.25) is 0 Å². The van der Waals surface area contributed by atoms with E-state index >= 15 is 0 Å². The Labute approximate surface area is 107 Å². The maximum absolute atomic E-state index is 11.8. The first-order chi connectivity index (χ1) is 8.67. The lowest BCUT2D eigenvalue weighted by molar-refractivity contribution is 0.107. The minimum atomic E-state index is -0.192. The average molecular weight is 249 g/mol. The van der Waals surface area contributed by atoms with E-state index in [1.165, 1.54) is 0 Å². The van der Waals surface area contributed by atoms with Crippen LogP contribution in [0.15, 0.2) is 24.3 Å². The van der Waals surface area contributed by atoms with Crippen molar-refractivity contribution in [1.82, 2.24) is 5.32 Å². The zero-order valence-corrected chi connectivity index (χ0v) is 10.5. The second-order valence-electron chi connectivity index (χ2n) is 4.59. The van der Waals surface area contributed by atoms with E-state index in [9.17, 15) is 4.79 Å². The minimum absolute atomic E-state index is 0.191. The highest BCUT2D eigenvalue weighted by molar-refractivity contribution is 5.89. The molecule has 0 radical (unpaired) electrons. The third-order valence-electron chi connectivity index (χ3n) is 3.20. The van der Waals surface area contributed by atoms with E-state index in [1.807, 2.05) is 12.1 Å². The molecule has 1 fully saturated rings. The summed E-state index contributed by atoms with van der Waals surface area (Å²) in [6.45, 7) is 0. The monoisotopic (exact) mass is 249 g/mol. The molecular formula is C13H19N3O2. The number of rotatable bonds is 3. The van der Waals surface area contributed by atoms with Gasteiger partial charge in [-0.15, -0.1) is 0 Å². The Morgan fingerprint density at radius 2 is 2.28 bits per heavy atom. The second-order valence-corrected chi connectivity index (χ2v) is 4.59. The lowest BCUT2D eigenvalue weighted by Gasteiger charge is -2.14. The van der Waals surface area contributed by atoms with Crippen molar-refractivity contribution >= 4 is 17.4 Å². The molecule has 5 nitrogen and oxygen atoms in total. The van der Waals surface area contributed by atoms with Gasteiger partial charge in [0.15, 0.2) is 0 Å². The molecule has 2 atom stereocenters. The van der Waals surface area contributed by atoms with Gasteiger partial charge in [0.1, 0.15) is 0 Å². The lowest BCUT2D eigenvalue weighted by Crippen LogP contribution is -2.36. The summed E-state index contributed by atoms with van der Waals surface area (Å²) in [5, 5.41) is 5.71. The molecule has 0 spiro atoms. The van der Waals surface area contributed by atoms with Gasteiger partial charge in [0.05, 0.1) is 6.10 Å². The van der Waals surface area contributed by atoms with E-state index < -0.39 is 0 Å². The van der Waals surface area contributed by atoms with Gasteiger partial charge in [0, 0.05) is 24.5 Å². The number of carbonyl (C=O) groups excluding carboxylic acids is 1. The Bertz CT molecular complexity index is 422. The molecule has 0 heterocycles. The van der Waals surface area contributed by atoms with Crippen molar-refractivity contribution < 1.29 is 9.53 Å². The maximum Gasteiger partial charge on any atom is 0.319 e. The highest BCUT2D eigenvalue weighted by atomic mass is 16.5. The molecule has 0 saturated heterocycles. The number of benzene rings is 1. The Morgan fingerprint density at radius 1 is 1.44 bits per heavy atom. The molecule has 2 amide bonds. The number of nitrogens with one attached hydrogen (secondary N) is 2. The minimum Gasteiger partial charge on any atom is -0.399 e. The van der Waals surface area contributed by atoms with Crippen LogP contribution in [0.1, 0.15) is 19.3 Å². The van der Waals surface area contributed by atoms with Gasteiger partial charge in [-0.25, -0.2) is 4.79 Å². The molecule has 1 aliphatic carbocycles. The summed E-state index contributed by atoms with van der Waals surface area (Å²) in [6.07, 6.45) is 3.10. The maximum atomic E-state index is 11.8. The summed E-state index contributed by atoms with van der Waals surface area (Å²) in [5.74, 6) is 0. The highest BCUT2D eigenvalue weighted by Gasteiger charge is 2.25. The third-order valence-corrected chi connectivity index (χ3v) is 3.20. The number of nitrogen functional groups attached to an aromatic ring is 1. The SMILES string of the molecule is COC1CCC(NC(=O)Nc2cccc(N)c2)C1. The second kappa shape index (κ2) is 5.73. The van der Waals surface area contributed by atoms with Gasteiger partial charge in [-0.05, 0) is 37.5 Å². The normalized spacial score (nSPS) is 22.7. The quantitative estimate of drug-likeness (QED) is 0.717. The summed E-state index contributed by atoms with van der Waals surface area (Å²) in [5.41, 5.74) is 6.98. The van der Waals surface area contributed by atoms with Crippen LogP contribution in [0.5, 0.6) is 0 Å². The van der Waals surface area contributed by atoms with Crippen molar-refractivity contribution in [3.05, 3.63) is 24.3 Å². The Balaban J connectivity index is 1.82. The topological polar surface area (TPSA) is 76.4 Å². The number of anilines is 2. The van der Waals surface area contributed by atoms with E-state index in [0.717, 1.165) is 19.3 Å². The van der Waals surface area contributed by atoms with Gasteiger partial charge in [-0.2, -0.15) is 0 Å². The Kier molecular flexibility index (Phi) is 4.04. The van der Waals surface area contributed by atoms with E-state index in [-0.39, 0.29) is 18.2 Å². The molecule has 18 heavy (non-hydrogen) atoms. The Morgan fingerprint density at radius 3 is 2.94 bits per heavy atom. The van der Waals surface area contributed by atoms with Crippen LogP contribution in [0.25, 0.3) is 0 Å². The summed E-state index contributed by atoms with van der Waals surface area (Å²) in [7, 11) is 1.71. The molecule has 0 aliphatic heterocycles. The molecule has 0 bridgehead atoms. The molecular weight excluding hydrogens is 230 g/mol. The molecule has 1 aromatic rings. The number of amides is 2. The van der Waals surface area contributed by atoms with Crippen molar-refractivity contribution in [2.24, 2.45) is 0 Å². The number of hydrogen-bond donors (Lipinski definition) is 3. The van der Waals surface area contributed by atoms with Gasteiger partial charge >= 0.3 is 6.03 Å². The fourth-order valence-corrected chi connectivity index (χ4v) is 2.25. The number of carbonyl (C=O) groups is 1. The summed E-state index contributed by atoms with van der Waals surface area (Å²) < 4.78 is 5.27. The first-order valence-electron chi connectivity index (χ1n) is 6.13. The van der Waals surface area contributed by atoms with E-state index in [4.69, 9.17) is 10.5 Å². The van der Waals surface area contributed by atoms with Crippen LogP contribution >= 0.6 is 0 Å². The third kappa shape index (κ3) is 3.37. The largest absolute Gasteiger partial charge is 0.399 e. The summed E-state index contributed by atoms with van der Waals surface area (Å²) >= 11 is 0. The zero-order valence-electron chi connectivity index (χ0n) is 10.5. The standard InChI is InChI=1S/C13H19N3O2/c1-18-12-6-5-11(8-12)16-13(17)15-10-4-2-3-9(14)7-10/h2-4,7,11-12H,5-6,8,14H2,1H3,(H2,15,16,17). The Hall–Kier alpha value is -1.75. The van der Waals surface area contributed by atoms with Crippen molar-refractivity contribution in [2.45, 2.75) is 31.4 Å². The van der Waals surface area contributed by atoms with E-state index in [1.54, 1.807) is 19.2 Å². The van der Waals surface area contributed by atoms with Crippen LogP contribution in [0.3, 0.4) is 0 Å². The van der Waals surface area contributed by atoms with Crippen molar-refractivity contribution in [3.63, 3.8) is 0 Å². The van der Waals surface area contributed by atoms with Crippen LogP contribution in [0, 0.1) is 0 Å². The molecule has 2 unspecified atom stereocenters. The van der Waals surface area contributed by atoms with Crippen molar-refractivity contribution in [1.29, 1.82) is 0 Å². The van der Waals surface area contributed by atoms with Gasteiger partial charge in [0.25, 0.3) is 0 Å². The molecule has 98 valence electrons. The molecule has 5 heteroatoms. The first kappa shape index (κ1) is 12.7. The number of ether oxygens (including phenoxy) is 1. The van der Waals surface area contributed by atoms with Crippen LogP contribution in [-0.2, 0) is 4.74 Å². The molecule has 1 aromatic carbocycles. The first-order valence-corrected chi connectivity index (χ1v) is 6.13. The predicted octanol–water partition coefficient (Wildman–Crippen LogP) is 1.96. The van der Waals surface area contributed by atoms with E-state index in [0.29, 0.717) is 11.4 Å². The highest BCUT2D eigenvalue weighted by Crippen LogP contribution is 2.21. The smallest absolute Gasteiger partial charge is 0.319 e. The molecule has 0 aromatic heterocycles. The van der Waals surface area contributed by atoms with Crippen molar-refractivity contribution in [3.8, 4) is 0 Å². The lowest BCUT2D eigenvalue weighted by atomic mass is 10.2. The summed E-state index contributed by atoms with van der Waals surface area (Å²) in [6, 6.07) is 7.12.